The van der Waals surface area contributed by atoms with E-state index in [0.717, 1.165) is 11.7 Å². The second-order valence-electron chi connectivity index (χ2n) is 6.56. The number of rotatable bonds is 4. The molecule has 0 aliphatic carbocycles. The van der Waals surface area contributed by atoms with Crippen molar-refractivity contribution < 1.29 is 17.6 Å². The van der Waals surface area contributed by atoms with Gasteiger partial charge in [-0.25, -0.2) is 12.8 Å². The Balaban J connectivity index is 1.55. The monoisotopic (exact) mass is 420 g/mol. The average molecular weight is 420 g/mol. The number of benzene rings is 2. The molecule has 0 saturated carbocycles. The minimum absolute atomic E-state index is 0.0383. The second kappa shape index (κ2) is 7.53. The van der Waals surface area contributed by atoms with Gasteiger partial charge in [-0.05, 0) is 37.1 Å². The zero-order chi connectivity index (χ0) is 19.7. The summed E-state index contributed by atoms with van der Waals surface area (Å²) in [5.74, 6) is -1.48. The zero-order valence-corrected chi connectivity index (χ0v) is 16.3. The molecule has 0 radical (unpaired) electrons. The maximum absolute atomic E-state index is 13.8. The number of piperidine rings is 1. The number of amides is 1. The number of nitrogens with zero attached hydrogens (tertiary/aromatic N) is 3. The van der Waals surface area contributed by atoms with Gasteiger partial charge >= 0.3 is 0 Å². The van der Waals surface area contributed by atoms with Crippen LogP contribution in [0.1, 0.15) is 12.8 Å². The first-order valence-electron chi connectivity index (χ1n) is 8.73. The van der Waals surface area contributed by atoms with Gasteiger partial charge in [0.25, 0.3) is 0 Å². The lowest BCUT2D eigenvalue weighted by Gasteiger charge is -2.31. The van der Waals surface area contributed by atoms with Crippen LogP contribution in [0.2, 0.25) is 0 Å². The van der Waals surface area contributed by atoms with E-state index in [1.54, 1.807) is 18.2 Å². The predicted molar refractivity (Wildman–Crippen MR) is 104 cm³/mol. The first kappa shape index (κ1) is 18.9. The molecule has 1 N–H and O–H groups in total. The fourth-order valence-corrected chi connectivity index (χ4v) is 5.58. The van der Waals surface area contributed by atoms with E-state index in [9.17, 15) is 17.6 Å². The molecule has 1 atom stereocenters. The van der Waals surface area contributed by atoms with Crippen LogP contribution < -0.4 is 5.32 Å². The molecule has 7 nitrogen and oxygen atoms in total. The fourth-order valence-electron chi connectivity index (χ4n) is 3.30. The molecule has 1 aromatic heterocycles. The highest BCUT2D eigenvalue weighted by molar-refractivity contribution is 7.89. The first-order valence-corrected chi connectivity index (χ1v) is 10.9. The average Bonchev–Trinajstić information content (AvgIpc) is 3.18. The van der Waals surface area contributed by atoms with Crippen LogP contribution in [0.25, 0.3) is 11.0 Å². The van der Waals surface area contributed by atoms with E-state index in [-0.39, 0.29) is 17.1 Å². The van der Waals surface area contributed by atoms with E-state index in [4.69, 9.17) is 0 Å². The van der Waals surface area contributed by atoms with Crippen molar-refractivity contribution in [3.63, 3.8) is 0 Å². The molecule has 2 aromatic carbocycles. The van der Waals surface area contributed by atoms with Gasteiger partial charge in [-0.1, -0.05) is 18.2 Å². The van der Waals surface area contributed by atoms with Gasteiger partial charge in [0.2, 0.25) is 15.9 Å². The van der Waals surface area contributed by atoms with E-state index in [2.05, 4.69) is 14.1 Å². The van der Waals surface area contributed by atoms with Gasteiger partial charge in [-0.15, -0.1) is 0 Å². The van der Waals surface area contributed by atoms with E-state index in [0.29, 0.717) is 30.4 Å². The minimum Gasteiger partial charge on any atom is -0.323 e. The Labute approximate surface area is 165 Å². The van der Waals surface area contributed by atoms with Gasteiger partial charge in [0.05, 0.1) is 23.3 Å². The van der Waals surface area contributed by atoms with E-state index < -0.39 is 27.7 Å². The number of anilines is 1. The van der Waals surface area contributed by atoms with E-state index in [1.807, 2.05) is 0 Å². The van der Waals surface area contributed by atoms with Crippen LogP contribution in [0.15, 0.2) is 47.4 Å². The molecule has 3 aromatic rings. The number of aromatic nitrogens is 2. The number of sulfonamides is 1. The third kappa shape index (κ3) is 3.50. The second-order valence-corrected chi connectivity index (χ2v) is 8.99. The van der Waals surface area contributed by atoms with Gasteiger partial charge in [0.1, 0.15) is 21.7 Å². The Morgan fingerprint density at radius 2 is 2.00 bits per heavy atom. The zero-order valence-electron chi connectivity index (χ0n) is 14.7. The smallest absolute Gasteiger partial charge is 0.245 e. The van der Waals surface area contributed by atoms with Crippen molar-refractivity contribution >= 4 is 44.4 Å². The summed E-state index contributed by atoms with van der Waals surface area (Å²) in [6.45, 7) is 0.357. The molecular weight excluding hydrogens is 403 g/mol. The lowest BCUT2D eigenvalue weighted by molar-refractivity contribution is -0.120. The Morgan fingerprint density at radius 3 is 2.82 bits per heavy atom. The van der Waals surface area contributed by atoms with Crippen LogP contribution in [-0.4, -0.2) is 40.5 Å². The first-order chi connectivity index (χ1) is 13.5. The van der Waals surface area contributed by atoms with Crippen LogP contribution in [0.4, 0.5) is 10.1 Å². The Hall–Kier alpha value is -2.43. The fraction of sp³-hybridized carbons (Fsp3) is 0.278. The maximum atomic E-state index is 13.8. The number of para-hydroxylation sites is 1. The molecule has 1 amide bonds. The molecule has 1 fully saturated rings. The largest absolute Gasteiger partial charge is 0.323 e. The highest BCUT2D eigenvalue weighted by atomic mass is 32.2. The summed E-state index contributed by atoms with van der Waals surface area (Å²) in [4.78, 5) is 12.7. The van der Waals surface area contributed by atoms with E-state index >= 15 is 0 Å². The quantitative estimate of drug-likeness (QED) is 0.701. The number of fused-ring (bicyclic) bond motifs is 1. The lowest BCUT2D eigenvalue weighted by atomic mass is 9.98. The molecule has 10 heteroatoms. The van der Waals surface area contributed by atoms with Crippen molar-refractivity contribution in [1.82, 2.24) is 13.1 Å². The SMILES string of the molecule is O=C(Nc1ccccc1F)[C@H]1CCCN(S(=O)(=O)c2cccc3nsnc23)C1. The third-order valence-electron chi connectivity index (χ3n) is 4.75. The lowest BCUT2D eigenvalue weighted by Crippen LogP contribution is -2.43. The van der Waals surface area contributed by atoms with Gasteiger partial charge in [0.15, 0.2) is 0 Å². The number of nitrogens with one attached hydrogen (secondary N) is 1. The number of hydrogen-bond acceptors (Lipinski definition) is 6. The van der Waals surface area contributed by atoms with Gasteiger partial charge in [-0.2, -0.15) is 13.1 Å². The van der Waals surface area contributed by atoms with Crippen molar-refractivity contribution in [2.24, 2.45) is 5.92 Å². The summed E-state index contributed by atoms with van der Waals surface area (Å²) in [5, 5.41) is 2.56. The molecule has 4 rings (SSSR count). The summed E-state index contributed by atoms with van der Waals surface area (Å²) in [6, 6.07) is 10.7. The summed E-state index contributed by atoms with van der Waals surface area (Å²) in [6.07, 6.45) is 1.08. The van der Waals surface area contributed by atoms with Gasteiger partial charge in [-0.3, -0.25) is 4.79 Å². The van der Waals surface area contributed by atoms with Crippen molar-refractivity contribution in [2.75, 3.05) is 18.4 Å². The number of carbonyl (C=O) groups is 1. The summed E-state index contributed by atoms with van der Waals surface area (Å²) >= 11 is 0.955. The molecule has 1 saturated heterocycles. The maximum Gasteiger partial charge on any atom is 0.245 e. The molecule has 1 aliphatic heterocycles. The highest BCUT2D eigenvalue weighted by Gasteiger charge is 2.34. The molecule has 0 unspecified atom stereocenters. The minimum atomic E-state index is -3.82. The molecular formula is C18H17FN4O3S2. The Morgan fingerprint density at radius 1 is 1.18 bits per heavy atom. The summed E-state index contributed by atoms with van der Waals surface area (Å²) in [7, 11) is -3.82. The normalized spacial score (nSPS) is 18.2. The van der Waals surface area contributed by atoms with Crippen molar-refractivity contribution in [1.29, 1.82) is 0 Å². The topological polar surface area (TPSA) is 92.3 Å². The molecule has 1 aliphatic rings. The molecule has 2 heterocycles. The Bertz CT molecular complexity index is 1130. The van der Waals surface area contributed by atoms with E-state index in [1.165, 1.54) is 28.6 Å². The van der Waals surface area contributed by atoms with Crippen LogP contribution in [0, 0.1) is 11.7 Å². The van der Waals surface area contributed by atoms with Gasteiger partial charge < -0.3 is 5.32 Å². The van der Waals surface area contributed by atoms with Crippen molar-refractivity contribution in [2.45, 2.75) is 17.7 Å². The van der Waals surface area contributed by atoms with Crippen LogP contribution >= 0.6 is 11.7 Å². The van der Waals surface area contributed by atoms with Crippen LogP contribution in [0.5, 0.6) is 0 Å². The molecule has 0 bridgehead atoms. The summed E-state index contributed by atoms with van der Waals surface area (Å²) < 4.78 is 49.6. The van der Waals surface area contributed by atoms with Gasteiger partial charge in [0, 0.05) is 13.1 Å². The van der Waals surface area contributed by atoms with Crippen LogP contribution in [0.3, 0.4) is 0 Å². The molecule has 146 valence electrons. The standard InChI is InChI=1S/C18H17FN4O3S2/c19-13-6-1-2-7-14(13)20-18(24)12-5-4-10-23(11-12)28(25,26)16-9-3-8-15-17(16)22-27-21-15/h1-3,6-9,12H,4-5,10-11H2,(H,20,24)/t12-/m0/s1. The molecule has 0 spiro atoms. The number of hydrogen-bond donors (Lipinski definition) is 1. The third-order valence-corrected chi connectivity index (χ3v) is 7.19. The number of halogens is 1. The van der Waals surface area contributed by atoms with Crippen molar-refractivity contribution in [3.8, 4) is 0 Å². The Kier molecular flexibility index (Phi) is 5.09. The number of carbonyl (C=O) groups excluding carboxylic acids is 1. The van der Waals surface area contributed by atoms with Crippen molar-refractivity contribution in [3.05, 3.63) is 48.3 Å². The van der Waals surface area contributed by atoms with Crippen LogP contribution in [-0.2, 0) is 14.8 Å². The highest BCUT2D eigenvalue weighted by Crippen LogP contribution is 2.28. The molecule has 28 heavy (non-hydrogen) atoms. The predicted octanol–water partition coefficient (Wildman–Crippen LogP) is 2.87. The summed E-state index contributed by atoms with van der Waals surface area (Å²) in [5.41, 5.74) is 0.952.